The second-order valence-electron chi connectivity index (χ2n) is 13.1. The SMILES string of the molecule is CCNC(=O)C(NC(=O)C(C)(COC)c1ccc2nc(C(NC(=O)OC)C(C3CCC3)C3(C)CC3)[nH]c2c1)C1CCC1. The standard InChI is InChI=1S/C32H47N5O5/c1-6-33-28(38)25(20-11-8-12-20)36-29(39)32(3,18-41-4)21-13-14-22-23(17-21)35-27(34-22)26(37-30(40)42-5)24(19-9-7-10-19)31(2)15-16-31/h13-14,17,19-20,24-26H,6-12,15-16,18H2,1-5H3,(H,33,38)(H,34,35)(H,36,39)(H,37,40). The second kappa shape index (κ2) is 12.2. The third-order valence-corrected chi connectivity index (χ3v) is 10.2. The highest BCUT2D eigenvalue weighted by molar-refractivity contribution is 5.94. The van der Waals surface area contributed by atoms with Gasteiger partial charge in [-0.2, -0.15) is 0 Å². The lowest BCUT2D eigenvalue weighted by molar-refractivity contribution is -0.135. The van der Waals surface area contributed by atoms with Crippen LogP contribution in [-0.4, -0.2) is 61.3 Å². The number of alkyl carbamates (subject to hydrolysis) is 1. The Morgan fingerprint density at radius 1 is 1.10 bits per heavy atom. The number of fused-ring (bicyclic) bond motifs is 1. The summed E-state index contributed by atoms with van der Waals surface area (Å²) in [5.41, 5.74) is 1.42. The highest BCUT2D eigenvalue weighted by atomic mass is 16.5. The zero-order valence-electron chi connectivity index (χ0n) is 25.7. The van der Waals surface area contributed by atoms with E-state index in [0.717, 1.165) is 61.5 Å². The molecule has 42 heavy (non-hydrogen) atoms. The van der Waals surface area contributed by atoms with Gasteiger partial charge in [0.1, 0.15) is 11.9 Å². The van der Waals surface area contributed by atoms with Crippen molar-refractivity contribution in [3.63, 3.8) is 0 Å². The number of aromatic amines is 1. The van der Waals surface area contributed by atoms with Crippen LogP contribution in [0.3, 0.4) is 0 Å². The summed E-state index contributed by atoms with van der Waals surface area (Å²) in [7, 11) is 2.96. The topological polar surface area (TPSA) is 134 Å². The van der Waals surface area contributed by atoms with E-state index in [2.05, 4.69) is 27.9 Å². The number of carbonyl (C=O) groups is 3. The van der Waals surface area contributed by atoms with Gasteiger partial charge in [0.05, 0.1) is 36.2 Å². The lowest BCUT2D eigenvalue weighted by Gasteiger charge is -2.42. The van der Waals surface area contributed by atoms with Crippen molar-refractivity contribution in [3.8, 4) is 0 Å². The number of hydrogen-bond acceptors (Lipinski definition) is 6. The summed E-state index contributed by atoms with van der Waals surface area (Å²) < 4.78 is 10.6. The first-order chi connectivity index (χ1) is 20.1. The van der Waals surface area contributed by atoms with Gasteiger partial charge in [-0.05, 0) is 80.4 Å². The van der Waals surface area contributed by atoms with Crippen molar-refractivity contribution >= 4 is 28.9 Å². The minimum absolute atomic E-state index is 0.140. The Morgan fingerprint density at radius 2 is 1.79 bits per heavy atom. The van der Waals surface area contributed by atoms with Gasteiger partial charge < -0.3 is 30.4 Å². The molecule has 4 N–H and O–H groups in total. The van der Waals surface area contributed by atoms with Crippen LogP contribution in [0.5, 0.6) is 0 Å². The van der Waals surface area contributed by atoms with E-state index in [1.54, 1.807) is 7.11 Å². The molecule has 0 aliphatic heterocycles. The molecule has 3 aliphatic rings. The Balaban J connectivity index is 1.46. The fourth-order valence-corrected chi connectivity index (χ4v) is 6.93. The fraction of sp³-hybridized carbons (Fsp3) is 0.688. The van der Waals surface area contributed by atoms with Gasteiger partial charge in [-0.15, -0.1) is 0 Å². The first kappa shape index (κ1) is 30.3. The molecule has 1 aromatic heterocycles. The van der Waals surface area contributed by atoms with Crippen LogP contribution in [0.4, 0.5) is 4.79 Å². The van der Waals surface area contributed by atoms with Crippen molar-refractivity contribution in [2.75, 3.05) is 27.4 Å². The van der Waals surface area contributed by atoms with Gasteiger partial charge in [0.25, 0.3) is 0 Å². The molecule has 0 spiro atoms. The number of rotatable bonds is 13. The van der Waals surface area contributed by atoms with Crippen LogP contribution in [0.15, 0.2) is 18.2 Å². The van der Waals surface area contributed by atoms with Crippen LogP contribution in [0.2, 0.25) is 0 Å². The lowest BCUT2D eigenvalue weighted by Crippen LogP contribution is -2.57. The Labute approximate surface area is 248 Å². The van der Waals surface area contributed by atoms with Gasteiger partial charge in [-0.3, -0.25) is 9.59 Å². The smallest absolute Gasteiger partial charge is 0.407 e. The molecule has 10 heteroatoms. The van der Waals surface area contributed by atoms with Crippen LogP contribution in [-0.2, 0) is 24.5 Å². The van der Waals surface area contributed by atoms with E-state index in [9.17, 15) is 14.4 Å². The van der Waals surface area contributed by atoms with Gasteiger partial charge >= 0.3 is 6.09 Å². The number of amides is 3. The Hall–Kier alpha value is -3.14. The summed E-state index contributed by atoms with van der Waals surface area (Å²) in [5, 5.41) is 9.06. The molecule has 1 aromatic carbocycles. The normalized spacial score (nSPS) is 21.6. The molecular formula is C32H47N5O5. The Bertz CT molecular complexity index is 1300. The number of carbonyl (C=O) groups excluding carboxylic acids is 3. The molecule has 4 atom stereocenters. The van der Waals surface area contributed by atoms with Crippen LogP contribution in [0, 0.1) is 23.2 Å². The molecule has 3 saturated carbocycles. The summed E-state index contributed by atoms with van der Waals surface area (Å²) in [6, 6.07) is 4.89. The molecule has 5 rings (SSSR count). The number of imidazole rings is 1. The molecule has 3 fully saturated rings. The molecule has 3 amide bonds. The summed E-state index contributed by atoms with van der Waals surface area (Å²) in [6.45, 7) is 6.70. The van der Waals surface area contributed by atoms with Crippen molar-refractivity contribution in [1.82, 2.24) is 25.9 Å². The first-order valence-corrected chi connectivity index (χ1v) is 15.6. The number of nitrogens with one attached hydrogen (secondary N) is 4. The van der Waals surface area contributed by atoms with Crippen LogP contribution >= 0.6 is 0 Å². The van der Waals surface area contributed by atoms with Crippen LogP contribution in [0.25, 0.3) is 11.0 Å². The largest absolute Gasteiger partial charge is 0.453 e. The van der Waals surface area contributed by atoms with Crippen molar-refractivity contribution in [2.24, 2.45) is 23.2 Å². The van der Waals surface area contributed by atoms with Gasteiger partial charge in [0.15, 0.2) is 0 Å². The maximum absolute atomic E-state index is 13.9. The molecular weight excluding hydrogens is 534 g/mol. The number of methoxy groups -OCH3 is 2. The van der Waals surface area contributed by atoms with Gasteiger partial charge in [-0.1, -0.05) is 38.7 Å². The van der Waals surface area contributed by atoms with Crippen molar-refractivity contribution in [3.05, 3.63) is 29.6 Å². The average molecular weight is 582 g/mol. The maximum atomic E-state index is 13.9. The van der Waals surface area contributed by atoms with Gasteiger partial charge in [0, 0.05) is 13.7 Å². The minimum atomic E-state index is -1.04. The lowest BCUT2D eigenvalue weighted by atomic mass is 9.66. The number of aromatic nitrogens is 2. The highest BCUT2D eigenvalue weighted by Gasteiger charge is 2.53. The van der Waals surface area contributed by atoms with Crippen molar-refractivity contribution < 1.29 is 23.9 Å². The van der Waals surface area contributed by atoms with E-state index in [1.165, 1.54) is 13.5 Å². The number of nitrogens with zero attached hydrogens (tertiary/aromatic N) is 1. The van der Waals surface area contributed by atoms with E-state index in [4.69, 9.17) is 14.5 Å². The number of benzene rings is 1. The number of hydrogen-bond donors (Lipinski definition) is 4. The third kappa shape index (κ3) is 5.87. The first-order valence-electron chi connectivity index (χ1n) is 15.6. The van der Waals surface area contributed by atoms with E-state index < -0.39 is 17.6 Å². The van der Waals surface area contributed by atoms with E-state index in [-0.39, 0.29) is 41.7 Å². The van der Waals surface area contributed by atoms with Crippen molar-refractivity contribution in [1.29, 1.82) is 0 Å². The van der Waals surface area contributed by atoms with E-state index in [0.29, 0.717) is 18.3 Å². The maximum Gasteiger partial charge on any atom is 0.407 e. The summed E-state index contributed by atoms with van der Waals surface area (Å²) in [4.78, 5) is 47.7. The summed E-state index contributed by atoms with van der Waals surface area (Å²) in [5.74, 6) is 1.25. The van der Waals surface area contributed by atoms with E-state index >= 15 is 0 Å². The molecule has 230 valence electrons. The fourth-order valence-electron chi connectivity index (χ4n) is 6.93. The minimum Gasteiger partial charge on any atom is -0.453 e. The molecule has 3 aliphatic carbocycles. The molecule has 0 saturated heterocycles. The monoisotopic (exact) mass is 581 g/mol. The summed E-state index contributed by atoms with van der Waals surface area (Å²) in [6.07, 6.45) is 8.26. The predicted molar refractivity (Wildman–Crippen MR) is 160 cm³/mol. The quantitative estimate of drug-likeness (QED) is 0.275. The molecule has 0 radical (unpaired) electrons. The molecule has 4 unspecified atom stereocenters. The average Bonchev–Trinajstić information content (AvgIpc) is 3.51. The van der Waals surface area contributed by atoms with Crippen LogP contribution < -0.4 is 16.0 Å². The molecule has 10 nitrogen and oxygen atoms in total. The van der Waals surface area contributed by atoms with Crippen molar-refractivity contribution in [2.45, 2.75) is 89.6 Å². The highest BCUT2D eigenvalue weighted by Crippen LogP contribution is 2.60. The zero-order valence-corrected chi connectivity index (χ0v) is 25.7. The number of H-pyrrole nitrogens is 1. The third-order valence-electron chi connectivity index (χ3n) is 10.2. The van der Waals surface area contributed by atoms with Gasteiger partial charge in [0.2, 0.25) is 11.8 Å². The Kier molecular flexibility index (Phi) is 8.83. The number of likely N-dealkylation sites (N-methyl/N-ethyl adjacent to an activating group) is 1. The van der Waals surface area contributed by atoms with Crippen LogP contribution in [0.1, 0.15) is 89.6 Å². The molecule has 2 aromatic rings. The Morgan fingerprint density at radius 3 is 2.33 bits per heavy atom. The molecule has 1 heterocycles. The van der Waals surface area contributed by atoms with Gasteiger partial charge in [-0.25, -0.2) is 9.78 Å². The van der Waals surface area contributed by atoms with E-state index in [1.807, 2.05) is 32.0 Å². The number of ether oxygens (including phenoxy) is 2. The predicted octanol–water partition coefficient (Wildman–Crippen LogP) is 4.50. The second-order valence-corrected chi connectivity index (χ2v) is 13.1. The molecule has 0 bridgehead atoms. The summed E-state index contributed by atoms with van der Waals surface area (Å²) >= 11 is 0. The zero-order chi connectivity index (χ0) is 30.1.